The van der Waals surface area contributed by atoms with Crippen molar-refractivity contribution in [3.63, 3.8) is 0 Å². The van der Waals surface area contributed by atoms with Crippen LogP contribution in [0.1, 0.15) is 11.1 Å². The fraction of sp³-hybridized carbons (Fsp3) is 0.0476. The molecule has 0 spiro atoms. The van der Waals surface area contributed by atoms with E-state index in [1.165, 1.54) is 12.1 Å². The van der Waals surface area contributed by atoms with Gasteiger partial charge in [0.1, 0.15) is 11.3 Å². The number of rotatable bonds is 2. The van der Waals surface area contributed by atoms with Gasteiger partial charge in [0, 0.05) is 17.0 Å². The maximum atomic E-state index is 11.7. The molecular weight excluding hydrogens is 323 g/mol. The number of hydrogen-bond donors (Lipinski definition) is 0. The van der Waals surface area contributed by atoms with Crippen molar-refractivity contribution in [3.05, 3.63) is 82.0 Å². The van der Waals surface area contributed by atoms with E-state index < -0.39 is 0 Å². The quantitative estimate of drug-likeness (QED) is 0.315. The molecule has 2 aromatic carbocycles. The zero-order chi connectivity index (χ0) is 16.7. The van der Waals surface area contributed by atoms with Gasteiger partial charge in [-0.05, 0) is 30.7 Å². The van der Waals surface area contributed by atoms with Crippen molar-refractivity contribution < 1.29 is 38.8 Å². The van der Waals surface area contributed by atoms with E-state index in [1.807, 2.05) is 43.5 Å². The molecule has 0 aromatic heterocycles. The van der Waals surface area contributed by atoms with Crippen LogP contribution in [0.3, 0.4) is 0 Å². The van der Waals surface area contributed by atoms with Crippen LogP contribution in [-0.4, -0.2) is 6.29 Å². The molecule has 0 bridgehead atoms. The molecule has 0 amide bonds. The largest absolute Gasteiger partial charge is 1.00 e. The average molecular weight is 336 g/mol. The van der Waals surface area contributed by atoms with E-state index in [1.54, 1.807) is 18.2 Å². The topological polar surface area (TPSA) is 47.3 Å². The van der Waals surface area contributed by atoms with E-state index in [0.717, 1.165) is 27.6 Å². The molecule has 0 fully saturated rings. The van der Waals surface area contributed by atoms with E-state index in [9.17, 15) is 9.59 Å². The molecule has 4 heteroatoms. The molecule has 0 saturated carbocycles. The monoisotopic (exact) mass is 336 g/mol. The van der Waals surface area contributed by atoms with Crippen molar-refractivity contribution in [3.8, 4) is 22.5 Å². The molecule has 1 aliphatic heterocycles. The van der Waals surface area contributed by atoms with Crippen LogP contribution in [0.15, 0.2) is 69.9 Å². The summed E-state index contributed by atoms with van der Waals surface area (Å²) in [4.78, 5) is 23.1. The average Bonchev–Trinajstić information content (AvgIpc) is 2.59. The van der Waals surface area contributed by atoms with Gasteiger partial charge in [-0.1, -0.05) is 23.8 Å². The Morgan fingerprint density at radius 1 is 0.920 bits per heavy atom. The number of hydrogen-bond acceptors (Lipinski definition) is 3. The molecule has 3 nitrogen and oxygen atoms in total. The Kier molecular flexibility index (Phi) is 4.91. The third-order valence-electron chi connectivity index (χ3n) is 4.16. The molecule has 2 aliphatic rings. The Hall–Kier alpha value is -2.20. The van der Waals surface area contributed by atoms with E-state index in [4.69, 9.17) is 4.42 Å². The summed E-state index contributed by atoms with van der Waals surface area (Å²) in [5.74, 6) is 0.510. The Balaban J connectivity index is 0.00000182. The Morgan fingerprint density at radius 3 is 2.52 bits per heavy atom. The number of benzene rings is 3. The predicted octanol–water partition coefficient (Wildman–Crippen LogP) is 1.34. The van der Waals surface area contributed by atoms with Gasteiger partial charge >= 0.3 is 29.6 Å². The van der Waals surface area contributed by atoms with Crippen LogP contribution >= 0.6 is 0 Å². The minimum Gasteiger partial charge on any atom is -0.456 e. The maximum absolute atomic E-state index is 11.7. The first-order chi connectivity index (χ1) is 11.7. The van der Waals surface area contributed by atoms with Gasteiger partial charge in [0.05, 0.1) is 6.29 Å². The number of fused-ring (bicyclic) bond motifs is 2. The van der Waals surface area contributed by atoms with Crippen LogP contribution in [0.5, 0.6) is 0 Å². The molecule has 0 atom stereocenters. The SMILES string of the molecule is Cc1ccc2c(-c3ccccc3[C-]=O)c3ccc(=O)cc-3oc2c1.[Na+]. The Morgan fingerprint density at radius 2 is 1.72 bits per heavy atom. The second kappa shape index (κ2) is 6.96. The molecular formula is C21H13NaO3. The van der Waals surface area contributed by atoms with Gasteiger partial charge in [0.2, 0.25) is 0 Å². The van der Waals surface area contributed by atoms with Crippen molar-refractivity contribution >= 4 is 17.3 Å². The molecule has 25 heavy (non-hydrogen) atoms. The standard InChI is InChI=1S/C21H13O3.Na/c1-13-6-8-17-19(10-13)24-20-11-15(23)7-9-18(20)21(17)16-5-3-2-4-14(16)12-22;/h2-11H,1H3;/q-1;+1. The van der Waals surface area contributed by atoms with Crippen LogP contribution < -0.4 is 35.0 Å². The summed E-state index contributed by atoms with van der Waals surface area (Å²) in [6.45, 7) is 1.98. The summed E-state index contributed by atoms with van der Waals surface area (Å²) in [6, 6.07) is 18.0. The first-order valence-corrected chi connectivity index (χ1v) is 7.62. The second-order valence-corrected chi connectivity index (χ2v) is 5.78. The summed E-state index contributed by atoms with van der Waals surface area (Å²) in [5.41, 5.74) is 4.58. The third-order valence-corrected chi connectivity index (χ3v) is 4.16. The summed E-state index contributed by atoms with van der Waals surface area (Å²) < 4.78 is 5.94. The summed E-state index contributed by atoms with van der Waals surface area (Å²) in [6.07, 6.45) is 2.00. The Bertz CT molecular complexity index is 1110. The van der Waals surface area contributed by atoms with Crippen LogP contribution in [0.4, 0.5) is 0 Å². The number of aryl methyl sites for hydroxylation is 1. The minimum atomic E-state index is -0.112. The van der Waals surface area contributed by atoms with Crippen LogP contribution in [-0.2, 0) is 4.79 Å². The molecule has 0 N–H and O–H groups in total. The molecule has 0 unspecified atom stereocenters. The van der Waals surface area contributed by atoms with E-state index in [-0.39, 0.29) is 35.0 Å². The van der Waals surface area contributed by atoms with Crippen molar-refractivity contribution in [1.82, 2.24) is 0 Å². The number of carbonyl (C=O) groups excluding carboxylic acids is 1. The summed E-state index contributed by atoms with van der Waals surface area (Å²) >= 11 is 0. The van der Waals surface area contributed by atoms with E-state index in [2.05, 4.69) is 0 Å². The zero-order valence-corrected chi connectivity index (χ0v) is 16.0. The van der Waals surface area contributed by atoms with Crippen LogP contribution in [0.25, 0.3) is 33.4 Å². The molecule has 1 heterocycles. The molecule has 0 radical (unpaired) electrons. The molecule has 4 rings (SSSR count). The van der Waals surface area contributed by atoms with Gasteiger partial charge in [-0.2, -0.15) is 6.07 Å². The molecule has 1 aliphatic carbocycles. The molecule has 116 valence electrons. The van der Waals surface area contributed by atoms with Crippen LogP contribution in [0, 0.1) is 6.92 Å². The van der Waals surface area contributed by atoms with E-state index in [0.29, 0.717) is 16.9 Å². The van der Waals surface area contributed by atoms with Gasteiger partial charge in [0.25, 0.3) is 0 Å². The maximum Gasteiger partial charge on any atom is 1.00 e. The minimum absolute atomic E-state index is 0. The van der Waals surface area contributed by atoms with E-state index >= 15 is 0 Å². The molecule has 2 aromatic rings. The predicted molar refractivity (Wildman–Crippen MR) is 94.1 cm³/mol. The summed E-state index contributed by atoms with van der Waals surface area (Å²) in [7, 11) is 0. The first-order valence-electron chi connectivity index (χ1n) is 7.62. The first kappa shape index (κ1) is 17.6. The third kappa shape index (κ3) is 3.07. The van der Waals surface area contributed by atoms with Gasteiger partial charge in [-0.25, -0.2) is 0 Å². The van der Waals surface area contributed by atoms with Gasteiger partial charge < -0.3 is 9.21 Å². The normalized spacial score (nSPS) is 10.6. The Labute approximate surface area is 166 Å². The van der Waals surface area contributed by atoms with Gasteiger partial charge in [-0.15, -0.1) is 23.3 Å². The second-order valence-electron chi connectivity index (χ2n) is 5.78. The fourth-order valence-electron chi connectivity index (χ4n) is 3.06. The van der Waals surface area contributed by atoms with Crippen LogP contribution in [0.2, 0.25) is 0 Å². The zero-order valence-electron chi connectivity index (χ0n) is 14.0. The smallest absolute Gasteiger partial charge is 0.456 e. The van der Waals surface area contributed by atoms with Gasteiger partial charge in [-0.3, -0.25) is 4.79 Å². The van der Waals surface area contributed by atoms with Crippen molar-refractivity contribution in [2.24, 2.45) is 0 Å². The summed E-state index contributed by atoms with van der Waals surface area (Å²) in [5, 5.41) is 0.898. The van der Waals surface area contributed by atoms with Crippen molar-refractivity contribution in [2.45, 2.75) is 6.92 Å². The van der Waals surface area contributed by atoms with Crippen molar-refractivity contribution in [1.29, 1.82) is 0 Å². The fourth-order valence-corrected chi connectivity index (χ4v) is 3.06. The van der Waals surface area contributed by atoms with Crippen molar-refractivity contribution in [2.75, 3.05) is 0 Å². The molecule has 0 saturated heterocycles. The van der Waals surface area contributed by atoms with Gasteiger partial charge in [0.15, 0.2) is 5.43 Å².